The van der Waals surface area contributed by atoms with Crippen LogP contribution in [0.5, 0.6) is 0 Å². The third-order valence-electron chi connectivity index (χ3n) is 3.84. The number of rotatable bonds is 5. The maximum atomic E-state index is 9.08. The molecular weight excluding hydrogens is 254 g/mol. The van der Waals surface area contributed by atoms with Crippen molar-refractivity contribution in [1.29, 1.82) is 5.26 Å². The minimum absolute atomic E-state index is 0.244. The van der Waals surface area contributed by atoms with Gasteiger partial charge in [0.1, 0.15) is 6.07 Å². The normalized spacial score (nSPS) is 16.4. The summed E-state index contributed by atoms with van der Waals surface area (Å²) in [6.07, 6.45) is 6.10. The third-order valence-corrected chi connectivity index (χ3v) is 3.84. The molecule has 0 bridgehead atoms. The highest BCUT2D eigenvalue weighted by molar-refractivity contribution is 5.49. The number of nitrogens with zero attached hydrogens (tertiary/aromatic N) is 5. The average molecular weight is 275 g/mol. The van der Waals surface area contributed by atoms with E-state index in [0.29, 0.717) is 17.6 Å². The second-order valence-corrected chi connectivity index (χ2v) is 5.12. The lowest BCUT2D eigenvalue weighted by molar-refractivity contribution is 0.184. The standard InChI is InChI=1S/C14H21N5O/c1-18(7-2-10-20)12-3-8-19(9-4-12)14-13(11-15)16-5-6-17-14/h5-6,12,20H,2-4,7-10H2,1H3. The zero-order valence-corrected chi connectivity index (χ0v) is 11.9. The molecule has 20 heavy (non-hydrogen) atoms. The molecule has 2 heterocycles. The largest absolute Gasteiger partial charge is 0.396 e. The van der Waals surface area contributed by atoms with Gasteiger partial charge in [0.2, 0.25) is 0 Å². The van der Waals surface area contributed by atoms with Gasteiger partial charge in [0.05, 0.1) is 0 Å². The van der Waals surface area contributed by atoms with Gasteiger partial charge in [0.25, 0.3) is 0 Å². The Morgan fingerprint density at radius 3 is 2.75 bits per heavy atom. The van der Waals surface area contributed by atoms with E-state index >= 15 is 0 Å². The van der Waals surface area contributed by atoms with Crippen LogP contribution in [-0.4, -0.2) is 59.3 Å². The van der Waals surface area contributed by atoms with Crippen LogP contribution in [0, 0.1) is 11.3 Å². The molecule has 0 saturated carbocycles. The molecule has 1 aromatic rings. The van der Waals surface area contributed by atoms with Crippen molar-refractivity contribution in [3.63, 3.8) is 0 Å². The van der Waals surface area contributed by atoms with Gasteiger partial charge >= 0.3 is 0 Å². The van der Waals surface area contributed by atoms with Crippen molar-refractivity contribution < 1.29 is 5.11 Å². The van der Waals surface area contributed by atoms with Gasteiger partial charge in [-0.25, -0.2) is 9.97 Å². The minimum atomic E-state index is 0.244. The molecule has 6 heteroatoms. The Bertz CT molecular complexity index is 465. The summed E-state index contributed by atoms with van der Waals surface area (Å²) in [7, 11) is 2.11. The molecule has 0 atom stereocenters. The predicted octanol–water partition coefficient (Wildman–Crippen LogP) is 0.631. The molecule has 1 fully saturated rings. The molecule has 0 aliphatic carbocycles. The fraction of sp³-hybridized carbons (Fsp3) is 0.643. The highest BCUT2D eigenvalue weighted by atomic mass is 16.3. The molecule has 2 rings (SSSR count). The molecule has 1 saturated heterocycles. The average Bonchev–Trinajstić information content (AvgIpc) is 2.52. The van der Waals surface area contributed by atoms with Crippen LogP contribution in [0.3, 0.4) is 0 Å². The van der Waals surface area contributed by atoms with Crippen molar-refractivity contribution in [1.82, 2.24) is 14.9 Å². The first-order chi connectivity index (χ1) is 9.76. The Balaban J connectivity index is 1.93. The first-order valence-electron chi connectivity index (χ1n) is 7.03. The van der Waals surface area contributed by atoms with E-state index in [9.17, 15) is 0 Å². The zero-order chi connectivity index (χ0) is 14.4. The SMILES string of the molecule is CN(CCCO)C1CCN(c2nccnc2C#N)CC1. The topological polar surface area (TPSA) is 76.3 Å². The molecule has 0 spiro atoms. The molecule has 1 aromatic heterocycles. The van der Waals surface area contributed by atoms with Gasteiger partial charge in [0, 0.05) is 44.7 Å². The number of hydrogen-bond donors (Lipinski definition) is 1. The molecule has 6 nitrogen and oxygen atoms in total. The van der Waals surface area contributed by atoms with Gasteiger partial charge in [-0.3, -0.25) is 0 Å². The summed E-state index contributed by atoms with van der Waals surface area (Å²) in [6.45, 7) is 2.95. The highest BCUT2D eigenvalue weighted by Crippen LogP contribution is 2.22. The number of aliphatic hydroxyl groups is 1. The smallest absolute Gasteiger partial charge is 0.183 e. The lowest BCUT2D eigenvalue weighted by Crippen LogP contribution is -2.44. The highest BCUT2D eigenvalue weighted by Gasteiger charge is 2.24. The number of aromatic nitrogens is 2. The van der Waals surface area contributed by atoms with Crippen LogP contribution in [0.25, 0.3) is 0 Å². The van der Waals surface area contributed by atoms with E-state index in [-0.39, 0.29) is 6.61 Å². The van der Waals surface area contributed by atoms with Crippen molar-refractivity contribution in [2.45, 2.75) is 25.3 Å². The predicted molar refractivity (Wildman–Crippen MR) is 76.3 cm³/mol. The molecule has 0 aromatic carbocycles. The molecule has 108 valence electrons. The number of aliphatic hydroxyl groups excluding tert-OH is 1. The van der Waals surface area contributed by atoms with E-state index in [2.05, 4.69) is 32.9 Å². The second-order valence-electron chi connectivity index (χ2n) is 5.12. The monoisotopic (exact) mass is 275 g/mol. The van der Waals surface area contributed by atoms with E-state index < -0.39 is 0 Å². The quantitative estimate of drug-likeness (QED) is 0.849. The zero-order valence-electron chi connectivity index (χ0n) is 11.9. The van der Waals surface area contributed by atoms with Crippen molar-refractivity contribution >= 4 is 5.82 Å². The molecule has 0 unspecified atom stereocenters. The Morgan fingerprint density at radius 1 is 1.40 bits per heavy atom. The van der Waals surface area contributed by atoms with Crippen LogP contribution in [-0.2, 0) is 0 Å². The van der Waals surface area contributed by atoms with Crippen LogP contribution in [0.2, 0.25) is 0 Å². The van der Waals surface area contributed by atoms with Gasteiger partial charge in [-0.15, -0.1) is 0 Å². The van der Waals surface area contributed by atoms with E-state index in [4.69, 9.17) is 10.4 Å². The van der Waals surface area contributed by atoms with Gasteiger partial charge in [-0.05, 0) is 26.3 Å². The van der Waals surface area contributed by atoms with Crippen LogP contribution >= 0.6 is 0 Å². The summed E-state index contributed by atoms with van der Waals surface area (Å²) in [5.41, 5.74) is 0.402. The fourth-order valence-electron chi connectivity index (χ4n) is 2.66. The van der Waals surface area contributed by atoms with E-state index in [1.165, 1.54) is 0 Å². The number of anilines is 1. The number of hydrogen-bond acceptors (Lipinski definition) is 6. The van der Waals surface area contributed by atoms with Crippen molar-refractivity contribution in [3.8, 4) is 6.07 Å². The Kier molecular flexibility index (Phi) is 5.27. The van der Waals surface area contributed by atoms with Crippen molar-refractivity contribution in [2.75, 3.05) is 38.2 Å². The first kappa shape index (κ1) is 14.7. The van der Waals surface area contributed by atoms with Gasteiger partial charge in [0.15, 0.2) is 11.5 Å². The van der Waals surface area contributed by atoms with Crippen LogP contribution in [0.15, 0.2) is 12.4 Å². The van der Waals surface area contributed by atoms with E-state index in [1.54, 1.807) is 12.4 Å². The van der Waals surface area contributed by atoms with Crippen molar-refractivity contribution in [2.24, 2.45) is 0 Å². The summed E-state index contributed by atoms with van der Waals surface area (Å²) in [6, 6.07) is 2.64. The van der Waals surface area contributed by atoms with Crippen LogP contribution in [0.4, 0.5) is 5.82 Å². The maximum absolute atomic E-state index is 9.08. The Hall–Kier alpha value is -1.71. The van der Waals surface area contributed by atoms with E-state index in [0.717, 1.165) is 38.9 Å². The molecule has 1 N–H and O–H groups in total. The van der Waals surface area contributed by atoms with Gasteiger partial charge in [-0.1, -0.05) is 0 Å². The molecular formula is C14H21N5O. The molecule has 0 radical (unpaired) electrons. The van der Waals surface area contributed by atoms with Gasteiger partial charge < -0.3 is 14.9 Å². The fourth-order valence-corrected chi connectivity index (χ4v) is 2.66. The van der Waals surface area contributed by atoms with E-state index in [1.807, 2.05) is 0 Å². The Morgan fingerprint density at radius 2 is 2.10 bits per heavy atom. The summed E-state index contributed by atoms with van der Waals surface area (Å²) < 4.78 is 0. The molecule has 0 amide bonds. The first-order valence-corrected chi connectivity index (χ1v) is 7.03. The third kappa shape index (κ3) is 3.44. The Labute approximate surface area is 119 Å². The van der Waals surface area contributed by atoms with Gasteiger partial charge in [-0.2, -0.15) is 5.26 Å². The number of piperidine rings is 1. The van der Waals surface area contributed by atoms with Crippen LogP contribution in [0.1, 0.15) is 25.0 Å². The lowest BCUT2D eigenvalue weighted by atomic mass is 10.0. The lowest BCUT2D eigenvalue weighted by Gasteiger charge is -2.37. The summed E-state index contributed by atoms with van der Waals surface area (Å²) in [5.74, 6) is 0.700. The molecule has 1 aliphatic heterocycles. The summed E-state index contributed by atoms with van der Waals surface area (Å²) in [4.78, 5) is 12.8. The molecule has 1 aliphatic rings. The summed E-state index contributed by atoms with van der Waals surface area (Å²) in [5, 5.41) is 18.0. The van der Waals surface area contributed by atoms with Crippen LogP contribution < -0.4 is 4.90 Å². The number of nitriles is 1. The van der Waals surface area contributed by atoms with Crippen molar-refractivity contribution in [3.05, 3.63) is 18.1 Å². The minimum Gasteiger partial charge on any atom is -0.396 e. The summed E-state index contributed by atoms with van der Waals surface area (Å²) >= 11 is 0. The maximum Gasteiger partial charge on any atom is 0.183 e. The second kappa shape index (κ2) is 7.17.